The van der Waals surface area contributed by atoms with Crippen LogP contribution in [-0.2, 0) is 13.5 Å². The second-order valence-corrected chi connectivity index (χ2v) is 3.90. The summed E-state index contributed by atoms with van der Waals surface area (Å²) in [7, 11) is 1.96. The predicted molar refractivity (Wildman–Crippen MR) is 59.8 cm³/mol. The van der Waals surface area contributed by atoms with Crippen LogP contribution >= 0.6 is 11.6 Å². The first-order valence-corrected chi connectivity index (χ1v) is 5.13. The van der Waals surface area contributed by atoms with Crippen LogP contribution < -0.4 is 0 Å². The van der Waals surface area contributed by atoms with Crippen molar-refractivity contribution >= 4 is 22.5 Å². The van der Waals surface area contributed by atoms with Gasteiger partial charge in [-0.15, -0.1) is 0 Å². The van der Waals surface area contributed by atoms with E-state index in [2.05, 4.69) is 18.1 Å². The molecule has 0 unspecified atom stereocenters. The molecule has 0 atom stereocenters. The number of nitrogens with zero attached hydrogens (tertiary/aromatic N) is 2. The Morgan fingerprint density at radius 2 is 2.14 bits per heavy atom. The highest BCUT2D eigenvalue weighted by molar-refractivity contribution is 6.32. The molecule has 1 heterocycles. The summed E-state index contributed by atoms with van der Waals surface area (Å²) in [6.45, 7) is 4.15. The molecule has 2 rings (SSSR count). The number of aromatic nitrogens is 2. The van der Waals surface area contributed by atoms with Gasteiger partial charge in [0.25, 0.3) is 0 Å². The monoisotopic (exact) mass is 208 g/mol. The van der Waals surface area contributed by atoms with Crippen LogP contribution in [0.1, 0.15) is 18.2 Å². The number of halogens is 1. The Morgan fingerprint density at radius 3 is 2.79 bits per heavy atom. The van der Waals surface area contributed by atoms with Gasteiger partial charge < -0.3 is 0 Å². The molecule has 0 saturated carbocycles. The van der Waals surface area contributed by atoms with Crippen LogP contribution in [0.2, 0.25) is 5.02 Å². The minimum Gasteiger partial charge on any atom is -0.267 e. The maximum atomic E-state index is 6.07. The summed E-state index contributed by atoms with van der Waals surface area (Å²) >= 11 is 6.07. The molecule has 0 radical (unpaired) electrons. The van der Waals surface area contributed by atoms with Crippen LogP contribution in [0.3, 0.4) is 0 Å². The van der Waals surface area contributed by atoms with Crippen LogP contribution in [0.15, 0.2) is 12.1 Å². The Labute approximate surface area is 88.5 Å². The molecule has 0 saturated heterocycles. The first-order valence-electron chi connectivity index (χ1n) is 4.75. The van der Waals surface area contributed by atoms with Crippen molar-refractivity contribution in [2.24, 2.45) is 7.05 Å². The lowest BCUT2D eigenvalue weighted by Crippen LogP contribution is -1.92. The molecule has 2 nitrogen and oxygen atoms in total. The van der Waals surface area contributed by atoms with Crippen molar-refractivity contribution in [3.63, 3.8) is 0 Å². The van der Waals surface area contributed by atoms with Crippen molar-refractivity contribution in [3.05, 3.63) is 28.4 Å². The van der Waals surface area contributed by atoms with E-state index < -0.39 is 0 Å². The maximum absolute atomic E-state index is 6.07. The van der Waals surface area contributed by atoms with E-state index in [1.54, 1.807) is 0 Å². The van der Waals surface area contributed by atoms with E-state index >= 15 is 0 Å². The summed E-state index contributed by atoms with van der Waals surface area (Å²) in [5, 5.41) is 6.50. The molecule has 0 bridgehead atoms. The average Bonchev–Trinajstić information content (AvgIpc) is 2.49. The van der Waals surface area contributed by atoms with Gasteiger partial charge in [-0.25, -0.2) is 0 Å². The molecule has 0 amide bonds. The van der Waals surface area contributed by atoms with Gasteiger partial charge in [0, 0.05) is 17.5 Å². The molecule has 0 fully saturated rings. The minimum absolute atomic E-state index is 0.808. The second kappa shape index (κ2) is 3.28. The summed E-state index contributed by atoms with van der Waals surface area (Å²) in [6, 6.07) is 4.00. The Morgan fingerprint density at radius 1 is 1.43 bits per heavy atom. The smallest absolute Gasteiger partial charge is 0.0726 e. The lowest BCUT2D eigenvalue weighted by molar-refractivity contribution is 0.768. The van der Waals surface area contributed by atoms with Gasteiger partial charge in [-0.3, -0.25) is 4.68 Å². The summed E-state index contributed by atoms with van der Waals surface area (Å²) in [5.74, 6) is 0. The number of hydrogen-bond acceptors (Lipinski definition) is 1. The summed E-state index contributed by atoms with van der Waals surface area (Å²) < 4.78 is 1.91. The third-order valence-electron chi connectivity index (χ3n) is 2.61. The molecule has 0 aliphatic heterocycles. The Kier molecular flexibility index (Phi) is 2.23. The van der Waals surface area contributed by atoms with Gasteiger partial charge in [0.1, 0.15) is 0 Å². The first kappa shape index (κ1) is 9.53. The zero-order valence-corrected chi connectivity index (χ0v) is 9.39. The van der Waals surface area contributed by atoms with E-state index in [0.717, 1.165) is 28.2 Å². The largest absolute Gasteiger partial charge is 0.267 e. The third-order valence-corrected chi connectivity index (χ3v) is 3.01. The quantitative estimate of drug-likeness (QED) is 0.704. The van der Waals surface area contributed by atoms with Gasteiger partial charge in [0.05, 0.1) is 11.2 Å². The molecular weight excluding hydrogens is 196 g/mol. The SMILES string of the molecule is CCc1nn(C)c2c(C)c(Cl)ccc12. The van der Waals surface area contributed by atoms with E-state index in [1.807, 2.05) is 24.7 Å². The number of aryl methyl sites for hydroxylation is 3. The predicted octanol–water partition coefficient (Wildman–Crippen LogP) is 3.10. The van der Waals surface area contributed by atoms with Gasteiger partial charge in [0.15, 0.2) is 0 Å². The van der Waals surface area contributed by atoms with Crippen LogP contribution in [0.25, 0.3) is 10.9 Å². The van der Waals surface area contributed by atoms with Crippen LogP contribution in [0.4, 0.5) is 0 Å². The van der Waals surface area contributed by atoms with E-state index in [4.69, 9.17) is 11.6 Å². The van der Waals surface area contributed by atoms with Crippen molar-refractivity contribution in [2.75, 3.05) is 0 Å². The maximum Gasteiger partial charge on any atom is 0.0726 e. The molecule has 1 aromatic heterocycles. The Hall–Kier alpha value is -1.02. The van der Waals surface area contributed by atoms with Crippen LogP contribution in [-0.4, -0.2) is 9.78 Å². The molecular formula is C11H13ClN2. The average molecular weight is 209 g/mol. The fourth-order valence-corrected chi connectivity index (χ4v) is 2.02. The Bertz CT molecular complexity index is 485. The van der Waals surface area contributed by atoms with Gasteiger partial charge in [-0.2, -0.15) is 5.10 Å². The molecule has 0 N–H and O–H groups in total. The zero-order valence-electron chi connectivity index (χ0n) is 8.63. The number of fused-ring (bicyclic) bond motifs is 1. The standard InChI is InChI=1S/C11H13ClN2/c1-4-10-8-5-6-9(12)7(2)11(8)14(3)13-10/h5-6H,4H2,1-3H3. The Balaban J connectivity index is 2.89. The molecule has 74 valence electrons. The molecule has 2 aromatic rings. The first-order chi connectivity index (χ1) is 6.65. The van der Waals surface area contributed by atoms with Crippen molar-refractivity contribution in [1.82, 2.24) is 9.78 Å². The highest BCUT2D eigenvalue weighted by Gasteiger charge is 2.10. The molecule has 14 heavy (non-hydrogen) atoms. The molecule has 0 spiro atoms. The topological polar surface area (TPSA) is 17.8 Å². The number of hydrogen-bond donors (Lipinski definition) is 0. The molecule has 0 aliphatic carbocycles. The van der Waals surface area contributed by atoms with E-state index in [-0.39, 0.29) is 0 Å². The fraction of sp³-hybridized carbons (Fsp3) is 0.364. The lowest BCUT2D eigenvalue weighted by atomic mass is 10.1. The van der Waals surface area contributed by atoms with Crippen molar-refractivity contribution in [3.8, 4) is 0 Å². The van der Waals surface area contributed by atoms with Gasteiger partial charge in [-0.05, 0) is 31.0 Å². The van der Waals surface area contributed by atoms with Crippen molar-refractivity contribution in [1.29, 1.82) is 0 Å². The molecule has 1 aromatic carbocycles. The van der Waals surface area contributed by atoms with E-state index in [9.17, 15) is 0 Å². The third kappa shape index (κ3) is 1.22. The minimum atomic E-state index is 0.808. The second-order valence-electron chi connectivity index (χ2n) is 3.49. The molecule has 3 heteroatoms. The number of rotatable bonds is 1. The summed E-state index contributed by atoms with van der Waals surface area (Å²) in [6.07, 6.45) is 0.957. The van der Waals surface area contributed by atoms with Crippen LogP contribution in [0.5, 0.6) is 0 Å². The van der Waals surface area contributed by atoms with Gasteiger partial charge in [-0.1, -0.05) is 18.5 Å². The van der Waals surface area contributed by atoms with Crippen LogP contribution in [0, 0.1) is 6.92 Å². The summed E-state index contributed by atoms with van der Waals surface area (Å²) in [4.78, 5) is 0. The fourth-order valence-electron chi connectivity index (χ4n) is 1.87. The highest BCUT2D eigenvalue weighted by atomic mass is 35.5. The van der Waals surface area contributed by atoms with E-state index in [0.29, 0.717) is 0 Å². The summed E-state index contributed by atoms with van der Waals surface area (Å²) in [5.41, 5.74) is 3.40. The van der Waals surface area contributed by atoms with Crippen molar-refractivity contribution < 1.29 is 0 Å². The van der Waals surface area contributed by atoms with Crippen molar-refractivity contribution in [2.45, 2.75) is 20.3 Å². The van der Waals surface area contributed by atoms with E-state index in [1.165, 1.54) is 5.39 Å². The van der Waals surface area contributed by atoms with Gasteiger partial charge >= 0.3 is 0 Å². The number of benzene rings is 1. The zero-order chi connectivity index (χ0) is 10.3. The normalized spacial score (nSPS) is 11.1. The van der Waals surface area contributed by atoms with Gasteiger partial charge in [0.2, 0.25) is 0 Å². The highest BCUT2D eigenvalue weighted by Crippen LogP contribution is 2.27. The lowest BCUT2D eigenvalue weighted by Gasteiger charge is -2.01. The molecule has 0 aliphatic rings.